The van der Waals surface area contributed by atoms with E-state index < -0.39 is 0 Å². The van der Waals surface area contributed by atoms with Crippen LogP contribution in [0.25, 0.3) is 0 Å². The molecule has 1 aliphatic rings. The highest BCUT2D eigenvalue weighted by atomic mass is 32.2. The summed E-state index contributed by atoms with van der Waals surface area (Å²) in [7, 11) is 3.33. The number of aryl methyl sites for hydroxylation is 1. The predicted molar refractivity (Wildman–Crippen MR) is 141 cm³/mol. The zero-order valence-electron chi connectivity index (χ0n) is 20.9. The number of hydrogen-bond donors (Lipinski definition) is 0. The largest absolute Gasteiger partial charge is 0.497 e. The van der Waals surface area contributed by atoms with E-state index in [0.717, 1.165) is 60.3 Å². The Balaban J connectivity index is 1.26. The first-order valence-electron chi connectivity index (χ1n) is 12.2. The molecule has 6 nitrogen and oxygen atoms in total. The first-order valence-corrected chi connectivity index (χ1v) is 13.3. The zero-order chi connectivity index (χ0) is 24.6. The van der Waals surface area contributed by atoms with E-state index in [9.17, 15) is 4.79 Å². The summed E-state index contributed by atoms with van der Waals surface area (Å²) in [6.07, 6.45) is 6.40. The van der Waals surface area contributed by atoms with Crippen molar-refractivity contribution in [3.63, 3.8) is 0 Å². The molecule has 1 amide bonds. The van der Waals surface area contributed by atoms with Gasteiger partial charge in [-0.15, -0.1) is 0 Å². The minimum absolute atomic E-state index is 0.270. The van der Waals surface area contributed by atoms with Crippen molar-refractivity contribution in [1.29, 1.82) is 0 Å². The van der Waals surface area contributed by atoms with Crippen molar-refractivity contribution in [3.8, 4) is 11.5 Å². The standard InChI is InChI=1S/C28H35N3O3S/c1-21-4-6-22(7-5-21)20-35-15-10-27(32)30-12-8-24(9-13-30)28-29-11-14-31(28)19-23-16-25(33-2)18-26(17-23)34-3/h4-7,11,14,16-18,24H,8-10,12-13,15,19-20H2,1-3H3. The first kappa shape index (κ1) is 25.2. The van der Waals surface area contributed by atoms with Crippen molar-refractivity contribution >= 4 is 17.7 Å². The lowest BCUT2D eigenvalue weighted by atomic mass is 9.95. The number of ether oxygens (including phenoxy) is 2. The first-order chi connectivity index (χ1) is 17.1. The Morgan fingerprint density at radius 3 is 2.37 bits per heavy atom. The molecule has 0 radical (unpaired) electrons. The molecule has 0 aliphatic carbocycles. The Morgan fingerprint density at radius 1 is 1.03 bits per heavy atom. The van der Waals surface area contributed by atoms with Gasteiger partial charge in [0.2, 0.25) is 5.91 Å². The van der Waals surface area contributed by atoms with Crippen LogP contribution in [0, 0.1) is 6.92 Å². The molecule has 0 N–H and O–H groups in total. The number of aromatic nitrogens is 2. The van der Waals surface area contributed by atoms with E-state index in [2.05, 4.69) is 40.7 Å². The Bertz CT molecular complexity index is 1080. The van der Waals surface area contributed by atoms with Gasteiger partial charge in [0.1, 0.15) is 17.3 Å². The van der Waals surface area contributed by atoms with Crippen LogP contribution in [0.2, 0.25) is 0 Å². The number of methoxy groups -OCH3 is 2. The van der Waals surface area contributed by atoms with Crippen molar-refractivity contribution < 1.29 is 14.3 Å². The monoisotopic (exact) mass is 493 g/mol. The van der Waals surface area contributed by atoms with Crippen molar-refractivity contribution in [2.24, 2.45) is 0 Å². The highest BCUT2D eigenvalue weighted by Gasteiger charge is 2.26. The Morgan fingerprint density at radius 2 is 1.71 bits per heavy atom. The van der Waals surface area contributed by atoms with Gasteiger partial charge in [0, 0.05) is 61.9 Å². The van der Waals surface area contributed by atoms with Gasteiger partial charge in [-0.1, -0.05) is 29.8 Å². The van der Waals surface area contributed by atoms with E-state index in [4.69, 9.17) is 9.47 Å². The van der Waals surface area contributed by atoms with E-state index >= 15 is 0 Å². The van der Waals surface area contributed by atoms with E-state index in [0.29, 0.717) is 18.9 Å². The van der Waals surface area contributed by atoms with Gasteiger partial charge in [0.05, 0.1) is 14.2 Å². The summed E-state index contributed by atoms with van der Waals surface area (Å²) in [5.41, 5.74) is 3.70. The minimum Gasteiger partial charge on any atom is -0.497 e. The van der Waals surface area contributed by atoms with Gasteiger partial charge in [-0.05, 0) is 43.0 Å². The lowest BCUT2D eigenvalue weighted by Crippen LogP contribution is -2.38. The predicted octanol–water partition coefficient (Wildman–Crippen LogP) is 5.29. The average Bonchev–Trinajstić information content (AvgIpc) is 3.35. The highest BCUT2D eigenvalue weighted by molar-refractivity contribution is 7.98. The van der Waals surface area contributed by atoms with Crippen LogP contribution in [0.1, 0.15) is 47.7 Å². The average molecular weight is 494 g/mol. The molecule has 0 saturated carbocycles. The topological polar surface area (TPSA) is 56.6 Å². The van der Waals surface area contributed by atoms with Gasteiger partial charge in [-0.2, -0.15) is 11.8 Å². The molecule has 0 spiro atoms. The molecule has 0 unspecified atom stereocenters. The van der Waals surface area contributed by atoms with Crippen LogP contribution in [0.3, 0.4) is 0 Å². The van der Waals surface area contributed by atoms with Crippen molar-refractivity contribution in [2.75, 3.05) is 33.1 Å². The number of imidazole rings is 1. The fourth-order valence-electron chi connectivity index (χ4n) is 4.55. The number of thioether (sulfide) groups is 1. The van der Waals surface area contributed by atoms with Crippen LogP contribution in [0.15, 0.2) is 54.9 Å². The summed E-state index contributed by atoms with van der Waals surface area (Å²) >= 11 is 1.83. The van der Waals surface area contributed by atoms with E-state index in [1.165, 1.54) is 11.1 Å². The SMILES string of the molecule is COc1cc(Cn2ccnc2C2CCN(C(=O)CCSCc3ccc(C)cc3)CC2)cc(OC)c1. The van der Waals surface area contributed by atoms with Crippen LogP contribution in [-0.4, -0.2) is 53.4 Å². The molecule has 3 aromatic rings. The summed E-state index contributed by atoms with van der Waals surface area (Å²) < 4.78 is 13.0. The number of rotatable bonds is 10. The molecule has 4 rings (SSSR count). The summed E-state index contributed by atoms with van der Waals surface area (Å²) in [5.74, 6) is 5.10. The highest BCUT2D eigenvalue weighted by Crippen LogP contribution is 2.29. The second-order valence-corrected chi connectivity index (χ2v) is 10.2. The molecular formula is C28H35N3O3S. The zero-order valence-corrected chi connectivity index (χ0v) is 21.7. The molecule has 0 atom stereocenters. The second-order valence-electron chi connectivity index (χ2n) is 9.08. The lowest BCUT2D eigenvalue weighted by Gasteiger charge is -2.32. The molecule has 35 heavy (non-hydrogen) atoms. The molecule has 7 heteroatoms. The quantitative estimate of drug-likeness (QED) is 0.360. The molecular weight excluding hydrogens is 458 g/mol. The normalized spacial score (nSPS) is 14.2. The Kier molecular flexibility index (Phi) is 8.74. The molecule has 1 fully saturated rings. The van der Waals surface area contributed by atoms with Gasteiger partial charge < -0.3 is 18.9 Å². The van der Waals surface area contributed by atoms with Crippen molar-refractivity contribution in [2.45, 2.75) is 44.4 Å². The van der Waals surface area contributed by atoms with Gasteiger partial charge in [-0.25, -0.2) is 4.98 Å². The van der Waals surface area contributed by atoms with Crippen LogP contribution in [0.4, 0.5) is 0 Å². The fraction of sp³-hybridized carbons (Fsp3) is 0.429. The second kappa shape index (κ2) is 12.2. The maximum Gasteiger partial charge on any atom is 0.223 e. The van der Waals surface area contributed by atoms with Gasteiger partial charge >= 0.3 is 0 Å². The summed E-state index contributed by atoms with van der Waals surface area (Å²) in [6.45, 7) is 4.41. The molecule has 1 saturated heterocycles. The van der Waals surface area contributed by atoms with E-state index in [1.807, 2.05) is 47.3 Å². The summed E-state index contributed by atoms with van der Waals surface area (Å²) in [6, 6.07) is 14.6. The summed E-state index contributed by atoms with van der Waals surface area (Å²) in [5, 5.41) is 0. The third-order valence-electron chi connectivity index (χ3n) is 6.57. The number of carbonyl (C=O) groups is 1. The van der Waals surface area contributed by atoms with Crippen LogP contribution in [0.5, 0.6) is 11.5 Å². The van der Waals surface area contributed by atoms with Gasteiger partial charge in [0.25, 0.3) is 0 Å². The van der Waals surface area contributed by atoms with Crippen molar-refractivity contribution in [1.82, 2.24) is 14.5 Å². The lowest BCUT2D eigenvalue weighted by molar-refractivity contribution is -0.131. The number of piperidine rings is 1. The molecule has 186 valence electrons. The molecule has 2 aromatic carbocycles. The summed E-state index contributed by atoms with van der Waals surface area (Å²) in [4.78, 5) is 19.5. The number of carbonyl (C=O) groups excluding carboxylic acids is 1. The third-order valence-corrected chi connectivity index (χ3v) is 7.60. The van der Waals surface area contributed by atoms with Crippen LogP contribution < -0.4 is 9.47 Å². The fourth-order valence-corrected chi connectivity index (χ4v) is 5.44. The smallest absolute Gasteiger partial charge is 0.223 e. The number of amides is 1. The van der Waals surface area contributed by atoms with Crippen molar-refractivity contribution in [3.05, 3.63) is 77.4 Å². The van der Waals surface area contributed by atoms with Crippen LogP contribution >= 0.6 is 11.8 Å². The number of hydrogen-bond acceptors (Lipinski definition) is 5. The van der Waals surface area contributed by atoms with Gasteiger partial charge in [0.15, 0.2) is 0 Å². The third kappa shape index (κ3) is 6.82. The maximum absolute atomic E-state index is 12.7. The van der Waals surface area contributed by atoms with Crippen LogP contribution in [-0.2, 0) is 17.1 Å². The molecule has 0 bridgehead atoms. The molecule has 2 heterocycles. The van der Waals surface area contributed by atoms with E-state index in [-0.39, 0.29) is 5.91 Å². The number of benzene rings is 2. The Labute approximate surface area is 212 Å². The molecule has 1 aromatic heterocycles. The number of likely N-dealkylation sites (tertiary alicyclic amines) is 1. The van der Waals surface area contributed by atoms with E-state index in [1.54, 1.807) is 14.2 Å². The number of nitrogens with zero attached hydrogens (tertiary/aromatic N) is 3. The molecule has 1 aliphatic heterocycles. The maximum atomic E-state index is 12.7. The minimum atomic E-state index is 0.270. The Hall–Kier alpha value is -2.93. The van der Waals surface area contributed by atoms with Gasteiger partial charge in [-0.3, -0.25) is 4.79 Å².